The Morgan fingerprint density at radius 3 is 2.65 bits per heavy atom. The zero-order chi connectivity index (χ0) is 18.7. The number of hydrogen-bond donors (Lipinski definition) is 1. The number of rotatable bonds is 5. The van der Waals surface area contributed by atoms with Crippen LogP contribution in [0.2, 0.25) is 0 Å². The molecule has 26 heavy (non-hydrogen) atoms. The van der Waals surface area contributed by atoms with Crippen LogP contribution in [0.15, 0.2) is 47.4 Å². The normalized spacial score (nSPS) is 14.2. The predicted octanol–water partition coefficient (Wildman–Crippen LogP) is 2.61. The minimum Gasteiger partial charge on any atom is -0.312 e. The molecule has 0 atom stereocenters. The molecule has 1 aliphatic rings. The minimum absolute atomic E-state index is 0.0305. The molecular weight excluding hydrogens is 362 g/mol. The Morgan fingerprint density at radius 2 is 1.88 bits per heavy atom. The number of fused-ring (bicyclic) bond motifs is 1. The van der Waals surface area contributed by atoms with Crippen LogP contribution in [0.25, 0.3) is 0 Å². The van der Waals surface area contributed by atoms with Crippen molar-refractivity contribution in [3.8, 4) is 0 Å². The molecule has 0 fully saturated rings. The van der Waals surface area contributed by atoms with E-state index < -0.39 is 21.7 Å². The fourth-order valence-electron chi connectivity index (χ4n) is 2.95. The highest BCUT2D eigenvalue weighted by Gasteiger charge is 2.23. The average molecular weight is 380 g/mol. The SMILES string of the molecule is O=C(CCNS(=O)(=O)c1ccc(F)c(F)c1)N1CCCc2ccccc21. The fraction of sp³-hybridized carbons (Fsp3) is 0.278. The number of nitrogens with one attached hydrogen (secondary N) is 1. The number of sulfonamides is 1. The summed E-state index contributed by atoms with van der Waals surface area (Å²) >= 11 is 0. The van der Waals surface area contributed by atoms with Gasteiger partial charge in [-0.2, -0.15) is 0 Å². The van der Waals surface area contributed by atoms with E-state index in [1.54, 1.807) is 4.90 Å². The lowest BCUT2D eigenvalue weighted by atomic mass is 10.0. The smallest absolute Gasteiger partial charge is 0.240 e. The number of benzene rings is 2. The summed E-state index contributed by atoms with van der Waals surface area (Å²) in [5.74, 6) is -2.55. The Labute approximate surface area is 150 Å². The number of para-hydroxylation sites is 1. The number of carbonyl (C=O) groups is 1. The molecule has 138 valence electrons. The summed E-state index contributed by atoms with van der Waals surface area (Å²) in [6, 6.07) is 9.96. The van der Waals surface area contributed by atoms with Gasteiger partial charge in [-0.25, -0.2) is 21.9 Å². The zero-order valence-corrected chi connectivity index (χ0v) is 14.7. The molecule has 1 amide bonds. The van der Waals surface area contributed by atoms with Gasteiger partial charge in [-0.1, -0.05) is 18.2 Å². The van der Waals surface area contributed by atoms with Gasteiger partial charge in [-0.15, -0.1) is 0 Å². The zero-order valence-electron chi connectivity index (χ0n) is 13.9. The van der Waals surface area contributed by atoms with E-state index in [0.717, 1.165) is 36.2 Å². The Kier molecular flexibility index (Phi) is 5.33. The largest absolute Gasteiger partial charge is 0.312 e. The van der Waals surface area contributed by atoms with E-state index in [9.17, 15) is 22.0 Å². The molecule has 0 spiro atoms. The molecular formula is C18H18F2N2O3S. The molecule has 0 saturated carbocycles. The van der Waals surface area contributed by atoms with Crippen LogP contribution in [0, 0.1) is 11.6 Å². The first kappa shape index (κ1) is 18.5. The van der Waals surface area contributed by atoms with E-state index in [1.807, 2.05) is 24.3 Å². The molecule has 0 aromatic heterocycles. The second-order valence-electron chi connectivity index (χ2n) is 6.00. The number of carbonyl (C=O) groups excluding carboxylic acids is 1. The van der Waals surface area contributed by atoms with Crippen LogP contribution in [-0.2, 0) is 21.2 Å². The molecule has 2 aromatic carbocycles. The van der Waals surface area contributed by atoms with Gasteiger partial charge >= 0.3 is 0 Å². The Hall–Kier alpha value is -2.32. The number of nitrogens with zero attached hydrogens (tertiary/aromatic N) is 1. The molecule has 1 heterocycles. The molecule has 0 bridgehead atoms. The summed E-state index contributed by atoms with van der Waals surface area (Å²) in [4.78, 5) is 13.7. The van der Waals surface area contributed by atoms with Crippen molar-refractivity contribution in [2.75, 3.05) is 18.0 Å². The van der Waals surface area contributed by atoms with Crippen LogP contribution in [0.3, 0.4) is 0 Å². The first-order valence-corrected chi connectivity index (χ1v) is 9.70. The average Bonchev–Trinajstić information content (AvgIpc) is 2.63. The van der Waals surface area contributed by atoms with E-state index in [0.29, 0.717) is 12.6 Å². The monoisotopic (exact) mass is 380 g/mol. The van der Waals surface area contributed by atoms with E-state index in [2.05, 4.69) is 4.72 Å². The lowest BCUT2D eigenvalue weighted by Crippen LogP contribution is -2.37. The highest BCUT2D eigenvalue weighted by molar-refractivity contribution is 7.89. The summed E-state index contributed by atoms with van der Waals surface area (Å²) in [5.41, 5.74) is 1.95. The van der Waals surface area contributed by atoms with Gasteiger partial charge in [-0.3, -0.25) is 4.79 Å². The Balaban J connectivity index is 1.63. The first-order chi connectivity index (χ1) is 12.4. The number of anilines is 1. The lowest BCUT2D eigenvalue weighted by molar-refractivity contribution is -0.118. The Morgan fingerprint density at radius 1 is 1.12 bits per heavy atom. The van der Waals surface area contributed by atoms with Crippen molar-refractivity contribution in [3.63, 3.8) is 0 Å². The molecule has 8 heteroatoms. The highest BCUT2D eigenvalue weighted by atomic mass is 32.2. The van der Waals surface area contributed by atoms with Gasteiger partial charge in [0.1, 0.15) is 0 Å². The van der Waals surface area contributed by atoms with E-state index >= 15 is 0 Å². The van der Waals surface area contributed by atoms with Gasteiger partial charge in [-0.05, 0) is 42.7 Å². The van der Waals surface area contributed by atoms with Crippen molar-refractivity contribution in [3.05, 3.63) is 59.7 Å². The van der Waals surface area contributed by atoms with Crippen LogP contribution >= 0.6 is 0 Å². The van der Waals surface area contributed by atoms with Crippen molar-refractivity contribution < 1.29 is 22.0 Å². The minimum atomic E-state index is -4.01. The third-order valence-corrected chi connectivity index (χ3v) is 5.70. The summed E-state index contributed by atoms with van der Waals surface area (Å²) in [5, 5.41) is 0. The van der Waals surface area contributed by atoms with Gasteiger partial charge in [0.05, 0.1) is 4.90 Å². The van der Waals surface area contributed by atoms with E-state index in [4.69, 9.17) is 0 Å². The second-order valence-corrected chi connectivity index (χ2v) is 7.77. The summed E-state index contributed by atoms with van der Waals surface area (Å²) in [6.07, 6.45) is 1.73. The second kappa shape index (κ2) is 7.51. The summed E-state index contributed by atoms with van der Waals surface area (Å²) in [6.45, 7) is 0.463. The fourth-order valence-corrected chi connectivity index (χ4v) is 3.99. The number of amides is 1. The van der Waals surface area contributed by atoms with Crippen LogP contribution in [0.1, 0.15) is 18.4 Å². The molecule has 2 aromatic rings. The third-order valence-electron chi connectivity index (χ3n) is 4.24. The van der Waals surface area contributed by atoms with Crippen LogP contribution in [0.4, 0.5) is 14.5 Å². The van der Waals surface area contributed by atoms with Crippen molar-refractivity contribution in [2.24, 2.45) is 0 Å². The van der Waals surface area contributed by atoms with Gasteiger partial charge in [0.2, 0.25) is 15.9 Å². The van der Waals surface area contributed by atoms with Crippen LogP contribution in [-0.4, -0.2) is 27.4 Å². The van der Waals surface area contributed by atoms with Gasteiger partial charge in [0.15, 0.2) is 11.6 Å². The van der Waals surface area contributed by atoms with Gasteiger partial charge < -0.3 is 4.90 Å². The van der Waals surface area contributed by atoms with Crippen molar-refractivity contribution >= 4 is 21.6 Å². The first-order valence-electron chi connectivity index (χ1n) is 8.21. The van der Waals surface area contributed by atoms with Crippen LogP contribution in [0.5, 0.6) is 0 Å². The topological polar surface area (TPSA) is 66.5 Å². The molecule has 0 unspecified atom stereocenters. The number of hydrogen-bond acceptors (Lipinski definition) is 3. The van der Waals surface area contributed by atoms with Gasteiger partial charge in [0.25, 0.3) is 0 Å². The standard InChI is InChI=1S/C18H18F2N2O3S/c19-15-8-7-14(12-16(15)20)26(24,25)21-10-9-18(23)22-11-3-5-13-4-1-2-6-17(13)22/h1-2,4,6-8,12,21H,3,5,9-11H2. The molecule has 1 N–H and O–H groups in total. The highest BCUT2D eigenvalue weighted by Crippen LogP contribution is 2.27. The van der Waals surface area contributed by atoms with E-state index in [1.165, 1.54) is 0 Å². The number of aryl methyl sites for hydroxylation is 1. The quantitative estimate of drug-likeness (QED) is 0.867. The molecule has 0 saturated heterocycles. The molecule has 0 aliphatic carbocycles. The summed E-state index contributed by atoms with van der Waals surface area (Å²) < 4.78 is 52.7. The van der Waals surface area contributed by atoms with Crippen molar-refractivity contribution in [2.45, 2.75) is 24.2 Å². The molecule has 3 rings (SSSR count). The van der Waals surface area contributed by atoms with E-state index in [-0.39, 0.29) is 23.8 Å². The van der Waals surface area contributed by atoms with Crippen LogP contribution < -0.4 is 9.62 Å². The Bertz CT molecular complexity index is 932. The molecule has 1 aliphatic heterocycles. The summed E-state index contributed by atoms with van der Waals surface area (Å²) in [7, 11) is -4.01. The maximum Gasteiger partial charge on any atom is 0.240 e. The maximum absolute atomic E-state index is 13.2. The predicted molar refractivity (Wildman–Crippen MR) is 93.3 cm³/mol. The van der Waals surface area contributed by atoms with Crippen molar-refractivity contribution in [1.82, 2.24) is 4.72 Å². The molecule has 5 nitrogen and oxygen atoms in total. The third kappa shape index (κ3) is 3.91. The number of halogens is 2. The van der Waals surface area contributed by atoms with Gasteiger partial charge in [0, 0.05) is 25.2 Å². The lowest BCUT2D eigenvalue weighted by Gasteiger charge is -2.29. The maximum atomic E-state index is 13.2. The van der Waals surface area contributed by atoms with Crippen molar-refractivity contribution in [1.29, 1.82) is 0 Å². The molecule has 0 radical (unpaired) electrons.